The maximum Gasteiger partial charge on any atom is 0.226 e. The van der Waals surface area contributed by atoms with Crippen molar-refractivity contribution < 1.29 is 9.90 Å². The molecule has 0 radical (unpaired) electrons. The van der Waals surface area contributed by atoms with Gasteiger partial charge in [0.15, 0.2) is 4.96 Å². The Morgan fingerprint density at radius 1 is 1.39 bits per heavy atom. The van der Waals surface area contributed by atoms with Gasteiger partial charge in [-0.25, -0.2) is 4.98 Å². The van der Waals surface area contributed by atoms with E-state index in [1.807, 2.05) is 53.2 Å². The van der Waals surface area contributed by atoms with Crippen molar-refractivity contribution in [3.63, 3.8) is 0 Å². The highest BCUT2D eigenvalue weighted by Crippen LogP contribution is 2.23. The third-order valence-electron chi connectivity index (χ3n) is 3.77. The lowest BCUT2D eigenvalue weighted by atomic mass is 10.2. The zero-order chi connectivity index (χ0) is 16.2. The molecule has 1 atom stereocenters. The highest BCUT2D eigenvalue weighted by molar-refractivity contribution is 7.15. The van der Waals surface area contributed by atoms with Crippen LogP contribution >= 0.6 is 11.3 Å². The summed E-state index contributed by atoms with van der Waals surface area (Å²) < 4.78 is 1.96. The minimum atomic E-state index is -0.181. The average molecular weight is 329 g/mol. The Kier molecular flexibility index (Phi) is 4.73. The van der Waals surface area contributed by atoms with Crippen LogP contribution in [-0.4, -0.2) is 33.0 Å². The normalized spacial score (nSPS) is 12.4. The summed E-state index contributed by atoms with van der Waals surface area (Å²) in [5, 5.41) is 14.0. The molecule has 0 saturated carbocycles. The zero-order valence-electron chi connectivity index (χ0n) is 12.9. The van der Waals surface area contributed by atoms with Gasteiger partial charge in [0, 0.05) is 22.8 Å². The molecule has 2 N–H and O–H groups in total. The van der Waals surface area contributed by atoms with E-state index in [-0.39, 0.29) is 25.0 Å². The van der Waals surface area contributed by atoms with Crippen LogP contribution in [0, 0.1) is 0 Å². The molecule has 0 fully saturated rings. The fourth-order valence-electron chi connectivity index (χ4n) is 2.42. The van der Waals surface area contributed by atoms with Gasteiger partial charge in [-0.05, 0) is 6.42 Å². The molecular weight excluding hydrogens is 310 g/mol. The standard InChI is InChI=1S/C17H19N3O2S/c1-2-13(10-21)18-16(22)8-14-11-23-17-19-15(9-20(14)17)12-6-4-3-5-7-12/h3-7,9,11,13,21H,2,8,10H2,1H3,(H,18,22). The minimum Gasteiger partial charge on any atom is -0.394 e. The number of nitrogens with one attached hydrogen (secondary N) is 1. The predicted octanol–water partition coefficient (Wildman–Crippen LogP) is 2.49. The van der Waals surface area contributed by atoms with Crippen molar-refractivity contribution in [1.82, 2.24) is 14.7 Å². The molecule has 0 spiro atoms. The first-order valence-corrected chi connectivity index (χ1v) is 8.50. The monoisotopic (exact) mass is 329 g/mol. The summed E-state index contributed by atoms with van der Waals surface area (Å²) in [4.78, 5) is 17.6. The Balaban J connectivity index is 1.80. The van der Waals surface area contributed by atoms with Gasteiger partial charge in [0.1, 0.15) is 0 Å². The number of imidazole rings is 1. The molecular formula is C17H19N3O2S. The van der Waals surface area contributed by atoms with E-state index < -0.39 is 0 Å². The minimum absolute atomic E-state index is 0.0372. The fraction of sp³-hybridized carbons (Fsp3) is 0.294. The number of aliphatic hydroxyl groups is 1. The number of benzene rings is 1. The molecule has 5 nitrogen and oxygen atoms in total. The zero-order valence-corrected chi connectivity index (χ0v) is 13.7. The summed E-state index contributed by atoms with van der Waals surface area (Å²) in [5.41, 5.74) is 2.87. The van der Waals surface area contributed by atoms with Gasteiger partial charge in [0.25, 0.3) is 0 Å². The molecule has 0 bridgehead atoms. The molecule has 0 aliphatic heterocycles. The van der Waals surface area contributed by atoms with Crippen molar-refractivity contribution in [3.05, 3.63) is 47.6 Å². The molecule has 0 saturated heterocycles. The topological polar surface area (TPSA) is 66.6 Å². The summed E-state index contributed by atoms with van der Waals surface area (Å²) in [5.74, 6) is -0.0828. The van der Waals surface area contributed by atoms with Crippen molar-refractivity contribution >= 4 is 22.2 Å². The van der Waals surface area contributed by atoms with Gasteiger partial charge in [0.05, 0.1) is 24.8 Å². The van der Waals surface area contributed by atoms with Crippen LogP contribution in [0.15, 0.2) is 41.9 Å². The van der Waals surface area contributed by atoms with Gasteiger partial charge in [0.2, 0.25) is 5.91 Å². The lowest BCUT2D eigenvalue weighted by molar-refractivity contribution is -0.121. The van der Waals surface area contributed by atoms with Crippen LogP contribution in [0.1, 0.15) is 19.0 Å². The van der Waals surface area contributed by atoms with Gasteiger partial charge in [-0.1, -0.05) is 37.3 Å². The van der Waals surface area contributed by atoms with E-state index in [4.69, 9.17) is 0 Å². The van der Waals surface area contributed by atoms with Gasteiger partial charge >= 0.3 is 0 Å². The number of nitrogens with zero attached hydrogens (tertiary/aromatic N) is 2. The van der Waals surface area contributed by atoms with E-state index in [9.17, 15) is 9.90 Å². The van der Waals surface area contributed by atoms with E-state index >= 15 is 0 Å². The largest absolute Gasteiger partial charge is 0.394 e. The highest BCUT2D eigenvalue weighted by Gasteiger charge is 2.14. The van der Waals surface area contributed by atoms with Crippen LogP contribution < -0.4 is 5.32 Å². The molecule has 23 heavy (non-hydrogen) atoms. The SMILES string of the molecule is CCC(CO)NC(=O)Cc1csc2nc(-c3ccccc3)cn12. The summed E-state index contributed by atoms with van der Waals surface area (Å²) >= 11 is 1.52. The van der Waals surface area contributed by atoms with Gasteiger partial charge in [-0.3, -0.25) is 9.20 Å². The Hall–Kier alpha value is -2.18. The maximum atomic E-state index is 12.1. The molecule has 120 valence electrons. The first kappa shape index (κ1) is 15.7. The Labute approximate surface area is 138 Å². The number of aromatic nitrogens is 2. The number of amides is 1. The van der Waals surface area contributed by atoms with Crippen LogP contribution in [0.3, 0.4) is 0 Å². The Morgan fingerprint density at radius 2 is 2.17 bits per heavy atom. The van der Waals surface area contributed by atoms with Crippen LogP contribution in [0.2, 0.25) is 0 Å². The molecule has 2 heterocycles. The number of thiazole rings is 1. The van der Waals surface area contributed by atoms with Crippen LogP contribution in [0.25, 0.3) is 16.2 Å². The summed E-state index contributed by atoms with van der Waals surface area (Å²) in [6.45, 7) is 1.90. The van der Waals surface area contributed by atoms with E-state index in [0.717, 1.165) is 21.9 Å². The molecule has 1 aromatic carbocycles. The van der Waals surface area contributed by atoms with Crippen LogP contribution in [-0.2, 0) is 11.2 Å². The van der Waals surface area contributed by atoms with Crippen molar-refractivity contribution in [2.75, 3.05) is 6.61 Å². The number of rotatable bonds is 6. The third-order valence-corrected chi connectivity index (χ3v) is 4.66. The predicted molar refractivity (Wildman–Crippen MR) is 91.5 cm³/mol. The Morgan fingerprint density at radius 3 is 2.87 bits per heavy atom. The second kappa shape index (κ2) is 6.93. The highest BCUT2D eigenvalue weighted by atomic mass is 32.1. The second-order valence-electron chi connectivity index (χ2n) is 5.40. The van der Waals surface area contributed by atoms with E-state index in [2.05, 4.69) is 10.3 Å². The molecule has 3 rings (SSSR count). The number of hydrogen-bond donors (Lipinski definition) is 2. The van der Waals surface area contributed by atoms with Crippen molar-refractivity contribution in [3.8, 4) is 11.3 Å². The van der Waals surface area contributed by atoms with Crippen molar-refractivity contribution in [1.29, 1.82) is 0 Å². The average Bonchev–Trinajstić information content (AvgIpc) is 3.15. The molecule has 6 heteroatoms. The van der Waals surface area contributed by atoms with Crippen LogP contribution in [0.5, 0.6) is 0 Å². The lowest BCUT2D eigenvalue weighted by Crippen LogP contribution is -2.37. The van der Waals surface area contributed by atoms with E-state index in [1.165, 1.54) is 11.3 Å². The first-order valence-electron chi connectivity index (χ1n) is 7.62. The number of fused-ring (bicyclic) bond motifs is 1. The van der Waals surface area contributed by atoms with E-state index in [0.29, 0.717) is 6.42 Å². The van der Waals surface area contributed by atoms with Crippen molar-refractivity contribution in [2.24, 2.45) is 0 Å². The molecule has 1 amide bonds. The van der Waals surface area contributed by atoms with Gasteiger partial charge < -0.3 is 10.4 Å². The summed E-state index contributed by atoms with van der Waals surface area (Å²) in [7, 11) is 0. The molecule has 3 aromatic rings. The second-order valence-corrected chi connectivity index (χ2v) is 6.24. The Bertz CT molecular complexity index is 791. The van der Waals surface area contributed by atoms with Crippen LogP contribution in [0.4, 0.5) is 0 Å². The summed E-state index contributed by atoms with van der Waals surface area (Å²) in [6, 6.07) is 9.80. The number of aliphatic hydroxyl groups excluding tert-OH is 1. The first-order chi connectivity index (χ1) is 11.2. The van der Waals surface area contributed by atoms with Gasteiger partial charge in [-0.15, -0.1) is 11.3 Å². The maximum absolute atomic E-state index is 12.1. The molecule has 0 aliphatic rings. The quantitative estimate of drug-likeness (QED) is 0.730. The number of hydrogen-bond acceptors (Lipinski definition) is 4. The smallest absolute Gasteiger partial charge is 0.226 e. The number of carbonyl (C=O) groups is 1. The number of carbonyl (C=O) groups excluding carboxylic acids is 1. The lowest BCUT2D eigenvalue weighted by Gasteiger charge is -2.13. The van der Waals surface area contributed by atoms with Crippen molar-refractivity contribution in [2.45, 2.75) is 25.8 Å². The molecule has 0 aliphatic carbocycles. The third kappa shape index (κ3) is 3.43. The fourth-order valence-corrected chi connectivity index (χ4v) is 3.30. The summed E-state index contributed by atoms with van der Waals surface area (Å²) in [6.07, 6.45) is 2.96. The molecule has 2 aromatic heterocycles. The van der Waals surface area contributed by atoms with Gasteiger partial charge in [-0.2, -0.15) is 0 Å². The van der Waals surface area contributed by atoms with E-state index in [1.54, 1.807) is 0 Å². The molecule has 1 unspecified atom stereocenters.